The fourth-order valence-electron chi connectivity index (χ4n) is 2.21. The van der Waals surface area contributed by atoms with Crippen molar-refractivity contribution < 1.29 is 4.74 Å². The van der Waals surface area contributed by atoms with E-state index < -0.39 is 0 Å². The lowest BCUT2D eigenvalue weighted by Crippen LogP contribution is -2.28. The van der Waals surface area contributed by atoms with Gasteiger partial charge in [-0.25, -0.2) is 0 Å². The maximum atomic E-state index is 5.79. The second-order valence-corrected chi connectivity index (χ2v) is 5.56. The Kier molecular flexibility index (Phi) is 9.14. The van der Waals surface area contributed by atoms with E-state index >= 15 is 0 Å². The Morgan fingerprint density at radius 1 is 0.850 bits per heavy atom. The van der Waals surface area contributed by atoms with E-state index in [1.807, 2.05) is 0 Å². The van der Waals surface area contributed by atoms with Gasteiger partial charge in [-0.3, -0.25) is 0 Å². The zero-order valence-electron chi connectivity index (χ0n) is 13.5. The van der Waals surface area contributed by atoms with Crippen molar-refractivity contribution in [1.82, 2.24) is 4.90 Å². The van der Waals surface area contributed by atoms with Crippen LogP contribution in [0, 0.1) is 6.92 Å². The van der Waals surface area contributed by atoms with E-state index in [0.29, 0.717) is 0 Å². The van der Waals surface area contributed by atoms with Crippen LogP contribution in [0.2, 0.25) is 0 Å². The summed E-state index contributed by atoms with van der Waals surface area (Å²) in [6, 6.07) is 8.32. The van der Waals surface area contributed by atoms with Crippen LogP contribution in [-0.2, 0) is 0 Å². The molecule has 0 atom stereocenters. The van der Waals surface area contributed by atoms with Crippen LogP contribution in [-0.4, -0.2) is 31.1 Å². The molecule has 0 aliphatic carbocycles. The van der Waals surface area contributed by atoms with Crippen molar-refractivity contribution in [3.63, 3.8) is 0 Å². The van der Waals surface area contributed by atoms with E-state index in [-0.39, 0.29) is 0 Å². The maximum absolute atomic E-state index is 5.79. The van der Waals surface area contributed by atoms with Crippen molar-refractivity contribution in [2.45, 2.75) is 52.9 Å². The zero-order valence-corrected chi connectivity index (χ0v) is 13.5. The lowest BCUT2D eigenvalue weighted by Gasteiger charge is -2.21. The number of nitrogens with zero attached hydrogens (tertiary/aromatic N) is 1. The molecule has 0 bridgehead atoms. The molecule has 0 aromatic heterocycles. The van der Waals surface area contributed by atoms with Crippen LogP contribution in [0.1, 0.15) is 51.5 Å². The van der Waals surface area contributed by atoms with Gasteiger partial charge in [-0.05, 0) is 51.4 Å². The molecule has 0 aliphatic rings. The minimum absolute atomic E-state index is 0.817. The summed E-state index contributed by atoms with van der Waals surface area (Å²) in [5.41, 5.74) is 1.28. The van der Waals surface area contributed by atoms with Gasteiger partial charge in [0.25, 0.3) is 0 Å². The van der Waals surface area contributed by atoms with Crippen molar-refractivity contribution in [3.8, 4) is 5.75 Å². The summed E-state index contributed by atoms with van der Waals surface area (Å²) in [6.45, 7) is 11.1. The third kappa shape index (κ3) is 7.54. The lowest BCUT2D eigenvalue weighted by molar-refractivity contribution is 0.229. The molecule has 1 aromatic rings. The van der Waals surface area contributed by atoms with Gasteiger partial charge in [0, 0.05) is 6.54 Å². The minimum Gasteiger partial charge on any atom is -0.494 e. The van der Waals surface area contributed by atoms with Crippen molar-refractivity contribution in [1.29, 1.82) is 0 Å². The van der Waals surface area contributed by atoms with E-state index in [4.69, 9.17) is 4.74 Å². The smallest absolute Gasteiger partial charge is 0.119 e. The molecule has 0 heterocycles. The van der Waals surface area contributed by atoms with E-state index in [1.54, 1.807) is 0 Å². The molecule has 0 spiro atoms. The van der Waals surface area contributed by atoms with Crippen molar-refractivity contribution >= 4 is 0 Å². The molecule has 0 amide bonds. The summed E-state index contributed by atoms with van der Waals surface area (Å²) in [5, 5.41) is 0. The highest BCUT2D eigenvalue weighted by molar-refractivity contribution is 5.26. The molecular formula is C18H31NO. The van der Waals surface area contributed by atoms with Crippen LogP contribution in [0.3, 0.4) is 0 Å². The van der Waals surface area contributed by atoms with Crippen LogP contribution in [0.4, 0.5) is 0 Å². The first kappa shape index (κ1) is 17.0. The summed E-state index contributed by atoms with van der Waals surface area (Å²) in [5.74, 6) is 0.990. The Hall–Kier alpha value is -1.02. The largest absolute Gasteiger partial charge is 0.494 e. The third-order valence-electron chi connectivity index (χ3n) is 3.56. The summed E-state index contributed by atoms with van der Waals surface area (Å²) >= 11 is 0. The molecular weight excluding hydrogens is 246 g/mol. The van der Waals surface area contributed by atoms with Gasteiger partial charge in [-0.2, -0.15) is 0 Å². The summed E-state index contributed by atoms with van der Waals surface area (Å²) in [4.78, 5) is 2.59. The molecule has 2 heteroatoms. The molecule has 0 N–H and O–H groups in total. The first-order valence-electron chi connectivity index (χ1n) is 8.18. The normalized spacial score (nSPS) is 11.0. The molecule has 0 radical (unpaired) electrons. The molecule has 1 rings (SSSR count). The number of ether oxygens (including phenoxy) is 1. The summed E-state index contributed by atoms with van der Waals surface area (Å²) in [7, 11) is 0. The van der Waals surface area contributed by atoms with E-state index in [0.717, 1.165) is 25.3 Å². The van der Waals surface area contributed by atoms with Gasteiger partial charge in [0.2, 0.25) is 0 Å². The first-order valence-corrected chi connectivity index (χ1v) is 8.18. The average Bonchev–Trinajstić information content (AvgIpc) is 2.47. The van der Waals surface area contributed by atoms with Crippen LogP contribution < -0.4 is 4.74 Å². The van der Waals surface area contributed by atoms with Crippen LogP contribution in [0.15, 0.2) is 24.3 Å². The predicted molar refractivity (Wildman–Crippen MR) is 87.5 cm³/mol. The van der Waals surface area contributed by atoms with Crippen LogP contribution >= 0.6 is 0 Å². The van der Waals surface area contributed by atoms with E-state index in [9.17, 15) is 0 Å². The van der Waals surface area contributed by atoms with E-state index in [1.165, 1.54) is 44.3 Å². The number of aryl methyl sites for hydroxylation is 1. The maximum Gasteiger partial charge on any atom is 0.119 e. The highest BCUT2D eigenvalue weighted by Gasteiger charge is 2.03. The molecule has 0 unspecified atom stereocenters. The zero-order chi connectivity index (χ0) is 14.6. The molecule has 0 aliphatic heterocycles. The predicted octanol–water partition coefficient (Wildman–Crippen LogP) is 4.67. The number of benzene rings is 1. The average molecular weight is 277 g/mol. The highest BCUT2D eigenvalue weighted by Crippen LogP contribution is 2.11. The molecule has 114 valence electrons. The highest BCUT2D eigenvalue weighted by atomic mass is 16.5. The Morgan fingerprint density at radius 2 is 1.40 bits per heavy atom. The summed E-state index contributed by atoms with van der Waals surface area (Å²) in [6.07, 6.45) is 6.29. The molecule has 0 fully saturated rings. The van der Waals surface area contributed by atoms with Crippen molar-refractivity contribution in [2.75, 3.05) is 26.2 Å². The van der Waals surface area contributed by atoms with Crippen LogP contribution in [0.25, 0.3) is 0 Å². The van der Waals surface area contributed by atoms with Gasteiger partial charge >= 0.3 is 0 Å². The third-order valence-corrected chi connectivity index (χ3v) is 3.56. The van der Waals surface area contributed by atoms with Gasteiger partial charge in [0.15, 0.2) is 0 Å². The standard InChI is InChI=1S/C18H31NO/c1-4-6-13-19(14-7-5-2)15-8-16-20-18-11-9-17(3)10-12-18/h9-12H,4-8,13-16H2,1-3H3. The summed E-state index contributed by atoms with van der Waals surface area (Å²) < 4.78 is 5.79. The number of hydrogen-bond acceptors (Lipinski definition) is 2. The van der Waals surface area contributed by atoms with Gasteiger partial charge in [0.05, 0.1) is 6.61 Å². The quantitative estimate of drug-likeness (QED) is 0.545. The van der Waals surface area contributed by atoms with Gasteiger partial charge in [-0.1, -0.05) is 44.4 Å². The van der Waals surface area contributed by atoms with Gasteiger partial charge < -0.3 is 9.64 Å². The van der Waals surface area contributed by atoms with Gasteiger partial charge in [-0.15, -0.1) is 0 Å². The fourth-order valence-corrected chi connectivity index (χ4v) is 2.21. The Bertz CT molecular complexity index is 326. The fraction of sp³-hybridized carbons (Fsp3) is 0.667. The minimum atomic E-state index is 0.817. The molecule has 1 aromatic carbocycles. The number of rotatable bonds is 11. The second kappa shape index (κ2) is 10.7. The molecule has 0 saturated heterocycles. The first-order chi connectivity index (χ1) is 9.76. The number of hydrogen-bond donors (Lipinski definition) is 0. The monoisotopic (exact) mass is 277 g/mol. The van der Waals surface area contributed by atoms with Crippen LogP contribution in [0.5, 0.6) is 5.75 Å². The van der Waals surface area contributed by atoms with Crippen molar-refractivity contribution in [3.05, 3.63) is 29.8 Å². The molecule has 0 saturated carbocycles. The Labute approximate surface area is 125 Å². The molecule has 2 nitrogen and oxygen atoms in total. The number of unbranched alkanes of at least 4 members (excludes halogenated alkanes) is 2. The lowest BCUT2D eigenvalue weighted by atomic mass is 10.2. The molecule has 20 heavy (non-hydrogen) atoms. The second-order valence-electron chi connectivity index (χ2n) is 5.56. The van der Waals surface area contributed by atoms with Gasteiger partial charge in [0.1, 0.15) is 5.75 Å². The van der Waals surface area contributed by atoms with E-state index in [2.05, 4.69) is 49.9 Å². The Balaban J connectivity index is 2.19. The SMILES string of the molecule is CCCCN(CCCC)CCCOc1ccc(C)cc1. The Morgan fingerprint density at radius 3 is 1.95 bits per heavy atom. The van der Waals surface area contributed by atoms with Crippen molar-refractivity contribution in [2.24, 2.45) is 0 Å². The topological polar surface area (TPSA) is 12.5 Å².